The molecule has 1 saturated heterocycles. The Hall–Kier alpha value is -3.63. The lowest BCUT2D eigenvalue weighted by molar-refractivity contribution is -0.151. The number of alkyl carbamates (subject to hydrolysis) is 1. The minimum absolute atomic E-state index is 0.0300. The number of hydrogen-bond donors (Lipinski definition) is 2. The molecule has 0 unspecified atom stereocenters. The molecule has 0 spiro atoms. The van der Waals surface area contributed by atoms with Gasteiger partial charge in [0.2, 0.25) is 11.8 Å². The van der Waals surface area contributed by atoms with Crippen molar-refractivity contribution in [3.63, 3.8) is 0 Å². The second-order valence-electron chi connectivity index (χ2n) is 13.0. The van der Waals surface area contributed by atoms with Crippen molar-refractivity contribution in [2.45, 2.75) is 96.9 Å². The van der Waals surface area contributed by atoms with Crippen molar-refractivity contribution in [1.29, 1.82) is 0 Å². The highest BCUT2D eigenvalue weighted by atomic mass is 16.6. The van der Waals surface area contributed by atoms with E-state index in [0.717, 1.165) is 44.0 Å². The van der Waals surface area contributed by atoms with Crippen molar-refractivity contribution in [2.75, 3.05) is 13.7 Å². The maximum absolute atomic E-state index is 14.0. The van der Waals surface area contributed by atoms with Gasteiger partial charge >= 0.3 is 12.1 Å². The maximum Gasteiger partial charge on any atom is 0.408 e. The molecule has 42 heavy (non-hydrogen) atoms. The minimum atomic E-state index is -1.14. The zero-order valence-electron chi connectivity index (χ0n) is 25.1. The Morgan fingerprint density at radius 1 is 1.07 bits per heavy atom. The summed E-state index contributed by atoms with van der Waals surface area (Å²) in [6, 6.07) is 3.37. The van der Waals surface area contributed by atoms with E-state index in [-0.39, 0.29) is 12.6 Å². The standard InChI is InChI=1S/C31H42N4O7/c1-17-24-16-35(25(17)29(37)38)28(36)26(31(2,3)4)34-30(39)42-23-14-18(23)10-8-6-7-9-11-21-27(41-24)33-22-15-19(40-5)12-13-20(22)32-21/h12-13,15,17-18,23-26H,6-11,14,16H2,1-5H3,(H,34,39)(H,37,38)/t17-,18-,23-,24+,25+,26-/m1/s1. The number of ether oxygens (including phenoxy) is 3. The molecule has 3 aliphatic rings. The smallest absolute Gasteiger partial charge is 0.408 e. The highest BCUT2D eigenvalue weighted by Crippen LogP contribution is 2.39. The molecule has 2 aromatic rings. The molecule has 2 fully saturated rings. The van der Waals surface area contributed by atoms with Crippen LogP contribution in [0.3, 0.4) is 0 Å². The Bertz CT molecular complexity index is 1340. The number of nitrogens with one attached hydrogen (secondary N) is 1. The first-order chi connectivity index (χ1) is 20.0. The van der Waals surface area contributed by atoms with Crippen LogP contribution >= 0.6 is 0 Å². The lowest BCUT2D eigenvalue weighted by Gasteiger charge is -2.34. The molecule has 11 nitrogen and oxygen atoms in total. The van der Waals surface area contributed by atoms with E-state index in [4.69, 9.17) is 24.2 Å². The van der Waals surface area contributed by atoms with E-state index < -0.39 is 47.5 Å². The first-order valence-electron chi connectivity index (χ1n) is 15.0. The van der Waals surface area contributed by atoms with E-state index in [9.17, 15) is 19.5 Å². The zero-order chi connectivity index (χ0) is 30.2. The third kappa shape index (κ3) is 6.39. The molecule has 1 aliphatic carbocycles. The Morgan fingerprint density at radius 3 is 2.55 bits per heavy atom. The number of carboxylic acid groups (broad SMARTS) is 1. The number of aromatic nitrogens is 2. The number of fused-ring (bicyclic) bond motifs is 5. The predicted octanol–water partition coefficient (Wildman–Crippen LogP) is 4.35. The molecular formula is C31H42N4O7. The molecule has 228 valence electrons. The van der Waals surface area contributed by atoms with Gasteiger partial charge in [-0.15, -0.1) is 0 Å². The van der Waals surface area contributed by atoms with Gasteiger partial charge in [0, 0.05) is 12.0 Å². The number of hydrogen-bond acceptors (Lipinski definition) is 8. The van der Waals surface area contributed by atoms with Gasteiger partial charge in [0.15, 0.2) is 0 Å². The van der Waals surface area contributed by atoms with Gasteiger partial charge in [0.25, 0.3) is 0 Å². The SMILES string of the molecule is COc1ccc2nc3c(nc2c1)O[C@H]1CN(C(=O)[C@H](C(C)(C)C)NC(=O)O[C@@H]2C[C@H]2CCCCCC3)[C@H](C(=O)O)[C@@H]1C. The van der Waals surface area contributed by atoms with Crippen LogP contribution in [0.5, 0.6) is 11.6 Å². The Morgan fingerprint density at radius 2 is 1.83 bits per heavy atom. The monoisotopic (exact) mass is 582 g/mol. The van der Waals surface area contributed by atoms with Gasteiger partial charge in [0.1, 0.15) is 35.7 Å². The highest BCUT2D eigenvalue weighted by Gasteiger charge is 2.50. The zero-order valence-corrected chi connectivity index (χ0v) is 25.1. The molecule has 1 saturated carbocycles. The Labute approximate surface area is 246 Å². The number of rotatable bonds is 2. The Kier molecular flexibility index (Phi) is 8.48. The molecular weight excluding hydrogens is 540 g/mol. The topological polar surface area (TPSA) is 140 Å². The number of carboxylic acids is 1. The summed E-state index contributed by atoms with van der Waals surface area (Å²) >= 11 is 0. The van der Waals surface area contributed by atoms with E-state index in [1.54, 1.807) is 20.1 Å². The molecule has 1 aromatic carbocycles. The van der Waals surface area contributed by atoms with Crippen LogP contribution in [0.25, 0.3) is 11.0 Å². The summed E-state index contributed by atoms with van der Waals surface area (Å²) in [5.41, 5.74) is 1.35. The average Bonchev–Trinajstić information content (AvgIpc) is 3.58. The summed E-state index contributed by atoms with van der Waals surface area (Å²) < 4.78 is 17.5. The van der Waals surface area contributed by atoms with E-state index in [1.165, 1.54) is 4.90 Å². The van der Waals surface area contributed by atoms with E-state index in [0.29, 0.717) is 35.2 Å². The average molecular weight is 583 g/mol. The van der Waals surface area contributed by atoms with Crippen LogP contribution in [-0.4, -0.2) is 75.9 Å². The lowest BCUT2D eigenvalue weighted by Crippen LogP contribution is -2.57. The number of methoxy groups -OCH3 is 1. The van der Waals surface area contributed by atoms with Crippen molar-refractivity contribution in [3.8, 4) is 11.6 Å². The van der Waals surface area contributed by atoms with Crippen LogP contribution in [0, 0.1) is 17.3 Å². The van der Waals surface area contributed by atoms with Gasteiger partial charge in [0.05, 0.1) is 24.7 Å². The van der Waals surface area contributed by atoms with Crippen LogP contribution in [-0.2, 0) is 20.7 Å². The maximum atomic E-state index is 14.0. The highest BCUT2D eigenvalue weighted by molar-refractivity contribution is 5.90. The van der Waals surface area contributed by atoms with Crippen molar-refractivity contribution < 1.29 is 33.7 Å². The molecule has 2 bridgehead atoms. The van der Waals surface area contributed by atoms with Gasteiger partial charge in [-0.25, -0.2) is 19.6 Å². The van der Waals surface area contributed by atoms with Crippen LogP contribution in [0.4, 0.5) is 4.79 Å². The minimum Gasteiger partial charge on any atom is -0.497 e. The molecule has 2 N–H and O–H groups in total. The van der Waals surface area contributed by atoms with Crippen molar-refractivity contribution in [2.24, 2.45) is 17.3 Å². The Balaban J connectivity index is 1.50. The molecule has 3 heterocycles. The molecule has 1 aromatic heterocycles. The number of aryl methyl sites for hydroxylation is 1. The quantitative estimate of drug-likeness (QED) is 0.529. The fourth-order valence-electron chi connectivity index (χ4n) is 6.10. The number of benzene rings is 1. The normalized spacial score (nSPS) is 29.1. The van der Waals surface area contributed by atoms with Crippen LogP contribution < -0.4 is 14.8 Å². The summed E-state index contributed by atoms with van der Waals surface area (Å²) in [5.74, 6) is -0.839. The molecule has 11 heteroatoms. The summed E-state index contributed by atoms with van der Waals surface area (Å²) in [6.07, 6.45) is 5.05. The van der Waals surface area contributed by atoms with E-state index >= 15 is 0 Å². The van der Waals surface area contributed by atoms with Crippen molar-refractivity contribution in [1.82, 2.24) is 20.2 Å². The van der Waals surface area contributed by atoms with Gasteiger partial charge in [-0.2, -0.15) is 0 Å². The van der Waals surface area contributed by atoms with Crippen molar-refractivity contribution >= 4 is 29.0 Å². The van der Waals surface area contributed by atoms with E-state index in [1.807, 2.05) is 32.9 Å². The number of aliphatic carboxylic acids is 1. The molecule has 6 atom stereocenters. The van der Waals surface area contributed by atoms with Crippen LogP contribution in [0.1, 0.15) is 71.9 Å². The summed E-state index contributed by atoms with van der Waals surface area (Å²) in [5, 5.41) is 13.0. The fourth-order valence-corrected chi connectivity index (χ4v) is 6.10. The van der Waals surface area contributed by atoms with E-state index in [2.05, 4.69) is 5.32 Å². The third-order valence-electron chi connectivity index (χ3n) is 8.73. The molecule has 0 radical (unpaired) electrons. The van der Waals surface area contributed by atoms with Gasteiger partial charge in [-0.1, -0.05) is 47.0 Å². The molecule has 2 amide bonds. The number of carbonyl (C=O) groups is 3. The second kappa shape index (κ2) is 11.9. The number of amides is 2. The lowest BCUT2D eigenvalue weighted by atomic mass is 9.85. The van der Waals surface area contributed by atoms with Crippen LogP contribution in [0.15, 0.2) is 18.2 Å². The first kappa shape index (κ1) is 29.8. The summed E-state index contributed by atoms with van der Waals surface area (Å²) in [6.45, 7) is 7.29. The van der Waals surface area contributed by atoms with Gasteiger partial charge in [-0.3, -0.25) is 4.79 Å². The summed E-state index contributed by atoms with van der Waals surface area (Å²) in [7, 11) is 1.59. The number of nitrogens with zero attached hydrogens (tertiary/aromatic N) is 3. The van der Waals surface area contributed by atoms with Gasteiger partial charge < -0.3 is 29.5 Å². The fraction of sp³-hybridized carbons (Fsp3) is 0.645. The van der Waals surface area contributed by atoms with Gasteiger partial charge in [-0.05, 0) is 49.1 Å². The molecule has 5 rings (SSSR count). The summed E-state index contributed by atoms with van der Waals surface area (Å²) in [4.78, 5) is 50.3. The number of carbonyl (C=O) groups excluding carboxylic acids is 2. The van der Waals surface area contributed by atoms with Crippen molar-refractivity contribution in [3.05, 3.63) is 23.9 Å². The first-order valence-corrected chi connectivity index (χ1v) is 15.0. The van der Waals surface area contributed by atoms with Crippen LogP contribution in [0.2, 0.25) is 0 Å². The largest absolute Gasteiger partial charge is 0.497 e. The second-order valence-corrected chi connectivity index (χ2v) is 13.0. The third-order valence-corrected chi connectivity index (χ3v) is 8.73. The molecule has 2 aliphatic heterocycles. The predicted molar refractivity (Wildman–Crippen MR) is 154 cm³/mol.